The van der Waals surface area contributed by atoms with E-state index in [1.807, 2.05) is 0 Å². The van der Waals surface area contributed by atoms with Crippen LogP contribution < -0.4 is 10.1 Å². The van der Waals surface area contributed by atoms with Crippen LogP contribution in [0.3, 0.4) is 0 Å². The Hall–Kier alpha value is -1.25. The summed E-state index contributed by atoms with van der Waals surface area (Å²) in [7, 11) is -3.35. The van der Waals surface area contributed by atoms with Crippen LogP contribution in [0.25, 0.3) is 0 Å². The Kier molecular flexibility index (Phi) is 5.91. The summed E-state index contributed by atoms with van der Waals surface area (Å²) < 4.78 is 35.2. The highest BCUT2D eigenvalue weighted by Gasteiger charge is 2.27. The molecule has 0 unspecified atom stereocenters. The third-order valence-corrected chi connectivity index (χ3v) is 5.79. The van der Waals surface area contributed by atoms with Gasteiger partial charge in [-0.2, -0.15) is 0 Å². The molecule has 0 radical (unpaired) electrons. The number of hydrogen-bond acceptors (Lipinski definition) is 7. The van der Waals surface area contributed by atoms with Crippen LogP contribution in [0.1, 0.15) is 44.2 Å². The molecule has 0 amide bonds. The van der Waals surface area contributed by atoms with Crippen LogP contribution in [0.4, 0.5) is 0 Å². The van der Waals surface area contributed by atoms with Gasteiger partial charge in [-0.15, -0.1) is 0 Å². The number of rotatable bonds is 5. The van der Waals surface area contributed by atoms with Crippen LogP contribution >= 0.6 is 0 Å². The number of aryl methyl sites for hydroxylation is 1. The number of hydrogen-bond donors (Lipinski definition) is 1. The minimum Gasteiger partial charge on any atom is -0.473 e. The molecule has 1 aromatic heterocycles. The molecule has 0 bridgehead atoms. The lowest BCUT2D eigenvalue weighted by atomic mass is 9.94. The van der Waals surface area contributed by atoms with Gasteiger partial charge in [-0.1, -0.05) is 0 Å². The third kappa shape index (κ3) is 5.12. The van der Waals surface area contributed by atoms with E-state index >= 15 is 0 Å². The summed E-state index contributed by atoms with van der Waals surface area (Å²) in [6, 6.07) is 0. The van der Waals surface area contributed by atoms with Crippen LogP contribution in [-0.4, -0.2) is 56.0 Å². The van der Waals surface area contributed by atoms with Gasteiger partial charge in [-0.3, -0.25) is 0 Å². The molecule has 0 spiro atoms. The van der Waals surface area contributed by atoms with E-state index in [2.05, 4.69) is 15.3 Å². The van der Waals surface area contributed by atoms with Crippen molar-refractivity contribution in [3.05, 3.63) is 11.9 Å². The first kappa shape index (κ1) is 18.5. The summed E-state index contributed by atoms with van der Waals surface area (Å²) in [5.74, 6) is 0.426. The maximum atomic E-state index is 11.5. The van der Waals surface area contributed by atoms with Gasteiger partial charge in [0.05, 0.1) is 18.4 Å². The van der Waals surface area contributed by atoms with Crippen molar-refractivity contribution in [2.45, 2.75) is 68.8 Å². The molecule has 8 heteroatoms. The second-order valence-corrected chi connectivity index (χ2v) is 8.94. The molecule has 1 saturated carbocycles. The standard InChI is InChI=1S/C17H27N3O4S/c1-12-17(19-11-16(20-12)25(2,21)22)24-14-5-3-13(4-6-14)23-15-7-9-18-10-8-15/h11,13-15,18H,3-10H2,1-2H3. The van der Waals surface area contributed by atoms with E-state index < -0.39 is 9.84 Å². The average molecular weight is 369 g/mol. The molecule has 2 fully saturated rings. The topological polar surface area (TPSA) is 90.4 Å². The number of piperidine rings is 1. The van der Waals surface area contributed by atoms with Crippen molar-refractivity contribution >= 4 is 9.84 Å². The summed E-state index contributed by atoms with van der Waals surface area (Å²) in [6.45, 7) is 3.82. The number of ether oxygens (including phenoxy) is 2. The van der Waals surface area contributed by atoms with E-state index in [0.29, 0.717) is 23.8 Å². The molecule has 1 aliphatic carbocycles. The van der Waals surface area contributed by atoms with Gasteiger partial charge in [0.15, 0.2) is 14.9 Å². The van der Waals surface area contributed by atoms with Crippen LogP contribution in [0.15, 0.2) is 11.2 Å². The zero-order valence-corrected chi connectivity index (χ0v) is 15.7. The molecule has 1 aliphatic heterocycles. The number of sulfone groups is 1. The predicted octanol–water partition coefficient (Wildman–Crippen LogP) is 1.65. The summed E-state index contributed by atoms with van der Waals surface area (Å²) in [4.78, 5) is 8.25. The minimum atomic E-state index is -3.35. The van der Waals surface area contributed by atoms with Crippen LogP contribution in [-0.2, 0) is 14.6 Å². The highest BCUT2D eigenvalue weighted by Crippen LogP contribution is 2.27. The van der Waals surface area contributed by atoms with Crippen molar-refractivity contribution in [1.82, 2.24) is 15.3 Å². The van der Waals surface area contributed by atoms with Crippen molar-refractivity contribution in [1.29, 1.82) is 0 Å². The SMILES string of the molecule is Cc1nc(S(C)(=O)=O)cnc1OC1CCC(OC2CCNCC2)CC1. The second kappa shape index (κ2) is 7.97. The number of nitrogens with one attached hydrogen (secondary N) is 1. The maximum absolute atomic E-state index is 11.5. The van der Waals surface area contributed by atoms with E-state index in [1.165, 1.54) is 6.20 Å². The van der Waals surface area contributed by atoms with Crippen LogP contribution in [0.5, 0.6) is 5.88 Å². The summed E-state index contributed by atoms with van der Waals surface area (Å²) in [5.41, 5.74) is 0.510. The molecule has 1 aromatic rings. The number of aromatic nitrogens is 2. The van der Waals surface area contributed by atoms with Crippen LogP contribution in [0, 0.1) is 6.92 Å². The second-order valence-electron chi connectivity index (χ2n) is 6.97. The van der Waals surface area contributed by atoms with Gasteiger partial charge < -0.3 is 14.8 Å². The molecule has 2 heterocycles. The first-order valence-corrected chi connectivity index (χ1v) is 10.9. The predicted molar refractivity (Wildman–Crippen MR) is 93.5 cm³/mol. The molecule has 0 atom stereocenters. The summed E-state index contributed by atoms with van der Waals surface area (Å²) in [5, 5.41) is 3.34. The fourth-order valence-corrected chi connectivity index (χ4v) is 3.94. The Bertz CT molecular complexity index is 681. The molecule has 25 heavy (non-hydrogen) atoms. The van der Waals surface area contributed by atoms with E-state index in [0.717, 1.165) is 57.9 Å². The zero-order valence-electron chi connectivity index (χ0n) is 14.9. The molecule has 1 N–H and O–H groups in total. The lowest BCUT2D eigenvalue weighted by Gasteiger charge is -2.33. The summed E-state index contributed by atoms with van der Waals surface area (Å²) >= 11 is 0. The minimum absolute atomic E-state index is 0.0172. The molecule has 1 saturated heterocycles. The Labute approximate surface area is 149 Å². The Morgan fingerprint density at radius 3 is 2.24 bits per heavy atom. The first-order valence-electron chi connectivity index (χ1n) is 8.98. The van der Waals surface area contributed by atoms with Crippen molar-refractivity contribution < 1.29 is 17.9 Å². The molecule has 3 rings (SSSR count). The van der Waals surface area contributed by atoms with Crippen molar-refractivity contribution in [3.8, 4) is 5.88 Å². The Balaban J connectivity index is 1.50. The van der Waals surface area contributed by atoms with E-state index in [1.54, 1.807) is 6.92 Å². The molecule has 140 valence electrons. The molecule has 0 aromatic carbocycles. The smallest absolute Gasteiger partial charge is 0.235 e. The molecular formula is C17H27N3O4S. The highest BCUT2D eigenvalue weighted by molar-refractivity contribution is 7.90. The summed E-state index contributed by atoms with van der Waals surface area (Å²) in [6.07, 6.45) is 9.20. The van der Waals surface area contributed by atoms with Gasteiger partial charge in [-0.05, 0) is 58.5 Å². The Morgan fingerprint density at radius 2 is 1.64 bits per heavy atom. The van der Waals surface area contributed by atoms with Crippen molar-refractivity contribution in [2.24, 2.45) is 0 Å². The Morgan fingerprint density at radius 1 is 1.04 bits per heavy atom. The van der Waals surface area contributed by atoms with Gasteiger partial charge >= 0.3 is 0 Å². The molecule has 2 aliphatic rings. The average Bonchev–Trinajstić information content (AvgIpc) is 2.58. The van der Waals surface area contributed by atoms with Crippen molar-refractivity contribution in [3.63, 3.8) is 0 Å². The van der Waals surface area contributed by atoms with Gasteiger partial charge in [-0.25, -0.2) is 18.4 Å². The van der Waals surface area contributed by atoms with E-state index in [4.69, 9.17) is 9.47 Å². The zero-order chi connectivity index (χ0) is 17.9. The lowest BCUT2D eigenvalue weighted by molar-refractivity contribution is -0.0552. The van der Waals surface area contributed by atoms with Crippen LogP contribution in [0.2, 0.25) is 0 Å². The maximum Gasteiger partial charge on any atom is 0.235 e. The van der Waals surface area contributed by atoms with Gasteiger partial charge in [0.1, 0.15) is 11.8 Å². The normalized spacial score (nSPS) is 25.7. The van der Waals surface area contributed by atoms with E-state index in [9.17, 15) is 8.42 Å². The van der Waals surface area contributed by atoms with Crippen molar-refractivity contribution in [2.75, 3.05) is 19.3 Å². The monoisotopic (exact) mass is 369 g/mol. The quantitative estimate of drug-likeness (QED) is 0.844. The fourth-order valence-electron chi connectivity index (χ4n) is 3.39. The fraction of sp³-hybridized carbons (Fsp3) is 0.765. The number of nitrogens with zero attached hydrogens (tertiary/aromatic N) is 2. The third-order valence-electron chi connectivity index (χ3n) is 4.83. The van der Waals surface area contributed by atoms with E-state index in [-0.39, 0.29) is 11.1 Å². The van der Waals surface area contributed by atoms with Gasteiger partial charge in [0.25, 0.3) is 0 Å². The largest absolute Gasteiger partial charge is 0.473 e. The highest BCUT2D eigenvalue weighted by atomic mass is 32.2. The lowest BCUT2D eigenvalue weighted by Crippen LogP contribution is -2.37. The van der Waals surface area contributed by atoms with Gasteiger partial charge in [0.2, 0.25) is 5.88 Å². The van der Waals surface area contributed by atoms with Gasteiger partial charge in [0, 0.05) is 6.26 Å². The molecule has 7 nitrogen and oxygen atoms in total. The molecular weight excluding hydrogens is 342 g/mol. The first-order chi connectivity index (χ1) is 11.9.